The fourth-order valence-corrected chi connectivity index (χ4v) is 3.87. The second-order valence-electron chi connectivity index (χ2n) is 6.74. The Bertz CT molecular complexity index is 1140. The van der Waals surface area contributed by atoms with Gasteiger partial charge in [0.25, 0.3) is 11.5 Å². The van der Waals surface area contributed by atoms with Crippen molar-refractivity contribution in [2.75, 3.05) is 6.54 Å². The van der Waals surface area contributed by atoms with E-state index in [0.717, 1.165) is 35.1 Å². The average Bonchev–Trinajstić information content (AvgIpc) is 3.24. The molecule has 0 bridgehead atoms. The molecule has 0 unspecified atom stereocenters. The van der Waals surface area contributed by atoms with Crippen LogP contribution in [0.5, 0.6) is 5.75 Å². The van der Waals surface area contributed by atoms with Crippen LogP contribution in [-0.2, 0) is 20.0 Å². The van der Waals surface area contributed by atoms with E-state index < -0.39 is 6.36 Å². The summed E-state index contributed by atoms with van der Waals surface area (Å²) in [5.74, 6) is -0.604. The third-order valence-electron chi connectivity index (χ3n) is 4.88. The van der Waals surface area contributed by atoms with Crippen LogP contribution in [0.15, 0.2) is 41.3 Å². The molecule has 2 aromatic heterocycles. The molecule has 7 nitrogen and oxygen atoms in total. The molecule has 3 heterocycles. The minimum Gasteiger partial charge on any atom is -0.406 e. The van der Waals surface area contributed by atoms with Crippen molar-refractivity contribution < 1.29 is 22.7 Å². The molecule has 0 N–H and O–H groups in total. The molecule has 3 aromatic rings. The van der Waals surface area contributed by atoms with Crippen LogP contribution in [0, 0.1) is 0 Å². The van der Waals surface area contributed by atoms with E-state index in [2.05, 4.69) is 13.5 Å². The lowest BCUT2D eigenvalue weighted by molar-refractivity contribution is -0.274. The number of carbonyl (C=O) groups is 1. The predicted octanol–water partition coefficient (Wildman–Crippen LogP) is 3.00. The molecule has 1 amide bonds. The molecule has 0 radical (unpaired) electrons. The Labute approximate surface area is 172 Å². The van der Waals surface area contributed by atoms with Crippen molar-refractivity contribution in [2.45, 2.75) is 19.3 Å². The lowest BCUT2D eigenvalue weighted by Gasteiger charge is -2.30. The van der Waals surface area contributed by atoms with Crippen molar-refractivity contribution in [3.8, 4) is 16.9 Å². The Balaban J connectivity index is 1.65. The summed E-state index contributed by atoms with van der Waals surface area (Å²) in [6.07, 6.45) is -2.87. The van der Waals surface area contributed by atoms with E-state index in [-0.39, 0.29) is 22.9 Å². The van der Waals surface area contributed by atoms with E-state index >= 15 is 0 Å². The molecule has 1 aliphatic heterocycles. The highest BCUT2D eigenvalue weighted by molar-refractivity contribution is 6.99. The normalized spacial score (nSPS) is 13.8. The van der Waals surface area contributed by atoms with E-state index in [1.54, 1.807) is 18.0 Å². The fourth-order valence-electron chi connectivity index (χ4n) is 3.47. The molecule has 0 saturated carbocycles. The van der Waals surface area contributed by atoms with Gasteiger partial charge in [-0.25, -0.2) is 0 Å². The Hall–Kier alpha value is -3.21. The average molecular weight is 436 g/mol. The lowest BCUT2D eigenvalue weighted by atomic mass is 9.99. The van der Waals surface area contributed by atoms with Crippen LogP contribution in [0.4, 0.5) is 13.2 Å². The molecule has 0 saturated heterocycles. The number of pyridine rings is 1. The summed E-state index contributed by atoms with van der Waals surface area (Å²) in [5, 5.41) is 0. The minimum atomic E-state index is -4.79. The van der Waals surface area contributed by atoms with Gasteiger partial charge in [-0.1, -0.05) is 12.1 Å². The van der Waals surface area contributed by atoms with Crippen molar-refractivity contribution in [1.29, 1.82) is 0 Å². The van der Waals surface area contributed by atoms with Crippen LogP contribution in [0.25, 0.3) is 11.1 Å². The van der Waals surface area contributed by atoms with Crippen LogP contribution in [0.1, 0.15) is 21.7 Å². The van der Waals surface area contributed by atoms with Gasteiger partial charge in [0.05, 0.1) is 17.9 Å². The molecule has 0 aliphatic carbocycles. The van der Waals surface area contributed by atoms with E-state index in [1.165, 1.54) is 22.9 Å². The summed E-state index contributed by atoms with van der Waals surface area (Å²) < 4.78 is 50.3. The Kier molecular flexibility index (Phi) is 5.06. The number of halogens is 3. The van der Waals surface area contributed by atoms with Gasteiger partial charge < -0.3 is 14.2 Å². The summed E-state index contributed by atoms with van der Waals surface area (Å²) in [6, 6.07) is 6.81. The van der Waals surface area contributed by atoms with Gasteiger partial charge in [-0.05, 0) is 29.3 Å². The maximum atomic E-state index is 12.8. The second-order valence-corrected chi connectivity index (χ2v) is 7.29. The number of fused-ring (bicyclic) bond motifs is 1. The number of hydrogen-bond donors (Lipinski definition) is 0. The highest BCUT2D eigenvalue weighted by Crippen LogP contribution is 2.27. The SMILES string of the molecule is Cn1c2c(cc(-c3ccc(OC(F)(F)F)cc3)c1=O)CN(C(=O)c1cnsn1)CC2. The van der Waals surface area contributed by atoms with Crippen LogP contribution < -0.4 is 10.3 Å². The summed E-state index contributed by atoms with van der Waals surface area (Å²) >= 11 is 0.953. The predicted molar refractivity (Wildman–Crippen MR) is 102 cm³/mol. The first kappa shape index (κ1) is 20.1. The summed E-state index contributed by atoms with van der Waals surface area (Å²) in [5.41, 5.74) is 2.42. The number of ether oxygens (including phenoxy) is 1. The molecule has 0 atom stereocenters. The number of hydrogen-bond acceptors (Lipinski definition) is 6. The quantitative estimate of drug-likeness (QED) is 0.631. The number of carbonyl (C=O) groups excluding carboxylic acids is 1. The molecule has 4 rings (SSSR count). The van der Waals surface area contributed by atoms with Crippen molar-refractivity contribution in [2.24, 2.45) is 7.05 Å². The molecular weight excluding hydrogens is 421 g/mol. The Morgan fingerprint density at radius 3 is 2.60 bits per heavy atom. The van der Waals surface area contributed by atoms with Crippen molar-refractivity contribution in [3.05, 3.63) is 63.8 Å². The van der Waals surface area contributed by atoms with Gasteiger partial charge in [-0.3, -0.25) is 9.59 Å². The highest BCUT2D eigenvalue weighted by atomic mass is 32.1. The number of rotatable bonds is 3. The molecule has 11 heteroatoms. The maximum absolute atomic E-state index is 12.8. The number of alkyl halides is 3. The van der Waals surface area contributed by atoms with Crippen LogP contribution in [0.2, 0.25) is 0 Å². The largest absolute Gasteiger partial charge is 0.573 e. The van der Waals surface area contributed by atoms with Gasteiger partial charge in [0.15, 0.2) is 5.69 Å². The first-order valence-corrected chi connectivity index (χ1v) is 9.61. The maximum Gasteiger partial charge on any atom is 0.573 e. The van der Waals surface area contributed by atoms with Crippen LogP contribution in [-0.4, -0.2) is 37.0 Å². The number of benzene rings is 1. The third kappa shape index (κ3) is 3.92. The number of aromatic nitrogens is 3. The Morgan fingerprint density at radius 2 is 1.97 bits per heavy atom. The number of nitrogens with zero attached hydrogens (tertiary/aromatic N) is 4. The molecular formula is C19H15F3N4O3S. The van der Waals surface area contributed by atoms with Gasteiger partial charge in [0.1, 0.15) is 5.75 Å². The molecule has 1 aromatic carbocycles. The fraction of sp³-hybridized carbons (Fsp3) is 0.263. The van der Waals surface area contributed by atoms with E-state index in [4.69, 9.17) is 0 Å². The smallest absolute Gasteiger partial charge is 0.406 e. The summed E-state index contributed by atoms with van der Waals surface area (Å²) in [7, 11) is 1.65. The molecule has 0 spiro atoms. The van der Waals surface area contributed by atoms with Crippen LogP contribution in [0.3, 0.4) is 0 Å². The van der Waals surface area contributed by atoms with Gasteiger partial charge in [0.2, 0.25) is 0 Å². The third-order valence-corrected chi connectivity index (χ3v) is 5.35. The van der Waals surface area contributed by atoms with Crippen LogP contribution >= 0.6 is 11.7 Å². The van der Waals surface area contributed by atoms with Crippen molar-refractivity contribution in [3.63, 3.8) is 0 Å². The Morgan fingerprint density at radius 1 is 1.23 bits per heavy atom. The monoisotopic (exact) mass is 436 g/mol. The molecule has 0 fully saturated rings. The molecule has 156 valence electrons. The van der Waals surface area contributed by atoms with E-state index in [9.17, 15) is 22.8 Å². The van der Waals surface area contributed by atoms with Gasteiger partial charge in [-0.15, -0.1) is 13.2 Å². The van der Waals surface area contributed by atoms with Gasteiger partial charge >= 0.3 is 6.36 Å². The second kappa shape index (κ2) is 7.56. The zero-order valence-corrected chi connectivity index (χ0v) is 16.5. The van der Waals surface area contributed by atoms with E-state index in [0.29, 0.717) is 30.6 Å². The standard InChI is InChI=1S/C19H15F3N4O3S/c1-25-16-6-7-26(18(28)15-9-23-30-24-15)10-12(16)8-14(17(25)27)11-2-4-13(5-3-11)29-19(20,21)22/h2-5,8-9H,6-7,10H2,1H3. The first-order chi connectivity index (χ1) is 14.2. The van der Waals surface area contributed by atoms with Gasteiger partial charge in [0, 0.05) is 37.8 Å². The lowest BCUT2D eigenvalue weighted by Crippen LogP contribution is -2.39. The van der Waals surface area contributed by atoms with Crippen molar-refractivity contribution >= 4 is 17.6 Å². The molecule has 30 heavy (non-hydrogen) atoms. The van der Waals surface area contributed by atoms with Crippen molar-refractivity contribution in [1.82, 2.24) is 18.2 Å². The minimum absolute atomic E-state index is 0.238. The zero-order valence-electron chi connectivity index (χ0n) is 15.6. The summed E-state index contributed by atoms with van der Waals surface area (Å²) in [6.45, 7) is 0.738. The highest BCUT2D eigenvalue weighted by Gasteiger charge is 2.31. The van der Waals surface area contributed by atoms with Gasteiger partial charge in [-0.2, -0.15) is 8.75 Å². The topological polar surface area (TPSA) is 77.3 Å². The number of amides is 1. The first-order valence-electron chi connectivity index (χ1n) is 8.88. The summed E-state index contributed by atoms with van der Waals surface area (Å²) in [4.78, 5) is 27.0. The zero-order chi connectivity index (χ0) is 21.5. The van der Waals surface area contributed by atoms with E-state index in [1.807, 2.05) is 0 Å². The molecule has 1 aliphatic rings.